The van der Waals surface area contributed by atoms with Crippen LogP contribution in [0.25, 0.3) is 0 Å². The minimum atomic E-state index is -0.619. The van der Waals surface area contributed by atoms with Crippen molar-refractivity contribution in [1.29, 1.82) is 5.26 Å². The monoisotopic (exact) mass is 269 g/mol. The van der Waals surface area contributed by atoms with Crippen molar-refractivity contribution < 1.29 is 5.11 Å². The van der Waals surface area contributed by atoms with Gasteiger partial charge in [-0.2, -0.15) is 5.26 Å². The Morgan fingerprint density at radius 2 is 2.12 bits per heavy atom. The molecule has 4 heteroatoms. The highest BCUT2D eigenvalue weighted by Crippen LogP contribution is 2.40. The third-order valence-corrected chi connectivity index (χ3v) is 4.15. The summed E-state index contributed by atoms with van der Waals surface area (Å²) in [6, 6.07) is 7.63. The molecule has 17 heavy (non-hydrogen) atoms. The molecular formula is C13H13Cl2NO. The van der Waals surface area contributed by atoms with E-state index < -0.39 is 11.5 Å². The zero-order valence-electron chi connectivity index (χ0n) is 9.29. The maximum absolute atomic E-state index is 9.75. The molecule has 1 aromatic carbocycles. The summed E-state index contributed by atoms with van der Waals surface area (Å²) in [5.41, 5.74) is 0.236. The predicted molar refractivity (Wildman–Crippen MR) is 68.2 cm³/mol. The number of nitrogens with zero attached hydrogens (tertiary/aromatic N) is 1. The van der Waals surface area contributed by atoms with Crippen LogP contribution in [0.15, 0.2) is 18.2 Å². The highest BCUT2D eigenvalue weighted by molar-refractivity contribution is 6.42. The van der Waals surface area contributed by atoms with Crippen LogP contribution in [0, 0.1) is 11.3 Å². The Morgan fingerprint density at radius 1 is 1.35 bits per heavy atom. The number of hydrogen-bond donors (Lipinski definition) is 1. The lowest BCUT2D eigenvalue weighted by Crippen LogP contribution is -2.33. The lowest BCUT2D eigenvalue weighted by molar-refractivity contribution is 0.102. The molecule has 90 valence electrons. The fourth-order valence-electron chi connectivity index (χ4n) is 2.47. The van der Waals surface area contributed by atoms with Crippen molar-refractivity contribution in [2.24, 2.45) is 0 Å². The number of aliphatic hydroxyl groups is 1. The smallest absolute Gasteiger partial charge is 0.0847 e. The molecule has 1 unspecified atom stereocenters. The number of nitriles is 1. The molecule has 0 aromatic heterocycles. The molecule has 1 aliphatic carbocycles. The summed E-state index contributed by atoms with van der Waals surface area (Å²) < 4.78 is 0. The van der Waals surface area contributed by atoms with Gasteiger partial charge in [0.15, 0.2) is 0 Å². The molecule has 0 amide bonds. The van der Waals surface area contributed by atoms with Gasteiger partial charge in [-0.15, -0.1) is 0 Å². The van der Waals surface area contributed by atoms with Crippen molar-refractivity contribution >= 4 is 23.2 Å². The number of benzene rings is 1. The Kier molecular flexibility index (Phi) is 3.63. The largest absolute Gasteiger partial charge is 0.393 e. The van der Waals surface area contributed by atoms with Gasteiger partial charge in [-0.25, -0.2) is 0 Å². The lowest BCUT2D eigenvalue weighted by atomic mass is 9.69. The van der Waals surface area contributed by atoms with E-state index >= 15 is 0 Å². The Hall–Kier alpha value is -0.750. The summed E-state index contributed by atoms with van der Waals surface area (Å²) in [5, 5.41) is 20.1. The van der Waals surface area contributed by atoms with Gasteiger partial charge >= 0.3 is 0 Å². The van der Waals surface area contributed by atoms with Crippen LogP contribution in [0.5, 0.6) is 0 Å². The quantitative estimate of drug-likeness (QED) is 0.845. The second-order valence-electron chi connectivity index (χ2n) is 4.57. The van der Waals surface area contributed by atoms with Crippen molar-refractivity contribution in [1.82, 2.24) is 0 Å². The zero-order chi connectivity index (χ0) is 12.5. The van der Waals surface area contributed by atoms with Crippen LogP contribution in [0.3, 0.4) is 0 Å². The first-order valence-electron chi connectivity index (χ1n) is 5.62. The van der Waals surface area contributed by atoms with Crippen LogP contribution >= 0.6 is 23.2 Å². The van der Waals surface area contributed by atoms with Gasteiger partial charge in [0.2, 0.25) is 0 Å². The van der Waals surface area contributed by atoms with Crippen LogP contribution in [0.2, 0.25) is 10.0 Å². The first-order chi connectivity index (χ1) is 8.07. The molecule has 0 heterocycles. The fourth-order valence-corrected chi connectivity index (χ4v) is 2.77. The Balaban J connectivity index is 2.41. The summed E-state index contributed by atoms with van der Waals surface area (Å²) >= 11 is 11.9. The molecule has 0 aliphatic heterocycles. The first kappa shape index (κ1) is 12.7. The standard InChI is InChI=1S/C13H13Cl2NO/c14-11-4-3-9(6-12(11)15)13(8-16)5-1-2-10(17)7-13/h3-4,6,10,17H,1-2,5,7H2/t10?,13-/m1/s1. The molecule has 1 aromatic rings. The lowest BCUT2D eigenvalue weighted by Gasteiger charge is -2.34. The van der Waals surface area contributed by atoms with Crippen LogP contribution in [-0.2, 0) is 5.41 Å². The zero-order valence-corrected chi connectivity index (χ0v) is 10.8. The van der Waals surface area contributed by atoms with E-state index in [1.54, 1.807) is 12.1 Å². The van der Waals surface area contributed by atoms with Gasteiger partial charge in [0.05, 0.1) is 27.6 Å². The van der Waals surface area contributed by atoms with Crippen molar-refractivity contribution in [2.45, 2.75) is 37.2 Å². The average molecular weight is 270 g/mol. The molecule has 1 saturated carbocycles. The molecule has 1 aliphatic rings. The molecular weight excluding hydrogens is 257 g/mol. The van der Waals surface area contributed by atoms with Crippen molar-refractivity contribution in [3.8, 4) is 6.07 Å². The highest BCUT2D eigenvalue weighted by Gasteiger charge is 2.37. The Bertz CT molecular complexity index is 469. The van der Waals surface area contributed by atoms with Crippen LogP contribution < -0.4 is 0 Å². The maximum Gasteiger partial charge on any atom is 0.0847 e. The molecule has 2 nitrogen and oxygen atoms in total. The Morgan fingerprint density at radius 3 is 2.71 bits per heavy atom. The van der Waals surface area contributed by atoms with E-state index in [2.05, 4.69) is 6.07 Å². The average Bonchev–Trinajstić information content (AvgIpc) is 2.32. The minimum absolute atomic E-state index is 0.405. The van der Waals surface area contributed by atoms with Gasteiger partial charge in [-0.05, 0) is 43.4 Å². The van der Waals surface area contributed by atoms with E-state index in [0.29, 0.717) is 16.5 Å². The van der Waals surface area contributed by atoms with E-state index in [9.17, 15) is 10.4 Å². The van der Waals surface area contributed by atoms with E-state index in [1.807, 2.05) is 6.07 Å². The normalized spacial score (nSPS) is 28.7. The van der Waals surface area contributed by atoms with Crippen molar-refractivity contribution in [3.05, 3.63) is 33.8 Å². The van der Waals surface area contributed by atoms with Crippen LogP contribution in [0.1, 0.15) is 31.2 Å². The third-order valence-electron chi connectivity index (χ3n) is 3.41. The van der Waals surface area contributed by atoms with Crippen LogP contribution in [0.4, 0.5) is 0 Å². The SMILES string of the molecule is N#C[C@@]1(c2ccc(Cl)c(Cl)c2)CCCC(O)C1. The number of hydrogen-bond acceptors (Lipinski definition) is 2. The van der Waals surface area contributed by atoms with Gasteiger partial charge in [0.25, 0.3) is 0 Å². The minimum Gasteiger partial charge on any atom is -0.393 e. The summed E-state index contributed by atoms with van der Waals surface area (Å²) in [5.74, 6) is 0. The van der Waals surface area contributed by atoms with Gasteiger partial charge in [-0.3, -0.25) is 0 Å². The number of rotatable bonds is 1. The molecule has 2 atom stereocenters. The molecule has 0 radical (unpaired) electrons. The van der Waals surface area contributed by atoms with Gasteiger partial charge in [-0.1, -0.05) is 29.3 Å². The summed E-state index contributed by atoms with van der Waals surface area (Å²) in [4.78, 5) is 0. The Labute approximate surface area is 111 Å². The second-order valence-corrected chi connectivity index (χ2v) is 5.39. The van der Waals surface area contributed by atoms with Crippen molar-refractivity contribution in [2.75, 3.05) is 0 Å². The van der Waals surface area contributed by atoms with Gasteiger partial charge in [0.1, 0.15) is 0 Å². The molecule has 0 bridgehead atoms. The third kappa shape index (κ3) is 2.42. The molecule has 0 spiro atoms. The highest BCUT2D eigenvalue weighted by atomic mass is 35.5. The number of aliphatic hydroxyl groups excluding tert-OH is 1. The molecule has 1 fully saturated rings. The number of halogens is 2. The fraction of sp³-hybridized carbons (Fsp3) is 0.462. The second kappa shape index (κ2) is 4.86. The van der Waals surface area contributed by atoms with Crippen LogP contribution in [-0.4, -0.2) is 11.2 Å². The summed E-state index contributed by atoms with van der Waals surface area (Å²) in [6.07, 6.45) is 2.46. The van der Waals surface area contributed by atoms with Crippen molar-refractivity contribution in [3.63, 3.8) is 0 Å². The van der Waals surface area contributed by atoms with Gasteiger partial charge < -0.3 is 5.11 Å². The van der Waals surface area contributed by atoms with Gasteiger partial charge in [0, 0.05) is 0 Å². The maximum atomic E-state index is 9.75. The topological polar surface area (TPSA) is 44.0 Å². The molecule has 1 N–H and O–H groups in total. The first-order valence-corrected chi connectivity index (χ1v) is 6.38. The van der Waals surface area contributed by atoms with E-state index in [4.69, 9.17) is 23.2 Å². The summed E-state index contributed by atoms with van der Waals surface area (Å²) in [7, 11) is 0. The van der Waals surface area contributed by atoms with E-state index in [0.717, 1.165) is 24.8 Å². The molecule has 2 rings (SSSR count). The summed E-state index contributed by atoms with van der Waals surface area (Å²) in [6.45, 7) is 0. The van der Waals surface area contributed by atoms with E-state index in [1.165, 1.54) is 0 Å². The predicted octanol–water partition coefficient (Wildman–Crippen LogP) is 3.69. The van der Waals surface area contributed by atoms with E-state index in [-0.39, 0.29) is 0 Å². The molecule has 0 saturated heterocycles.